The fourth-order valence-corrected chi connectivity index (χ4v) is 4.43. The van der Waals surface area contributed by atoms with Crippen molar-refractivity contribution in [3.8, 4) is 6.07 Å². The molecule has 1 aliphatic heterocycles. The van der Waals surface area contributed by atoms with Crippen molar-refractivity contribution in [2.45, 2.75) is 25.3 Å². The van der Waals surface area contributed by atoms with E-state index in [1.54, 1.807) is 0 Å². The molecule has 1 aliphatic rings. The first kappa shape index (κ1) is 17.4. The maximum atomic E-state index is 12.8. The highest BCUT2D eigenvalue weighted by molar-refractivity contribution is 5.78. The number of benzene rings is 3. The molecule has 29 heavy (non-hydrogen) atoms. The minimum Gasteiger partial charge on any atom is -0.324 e. The van der Waals surface area contributed by atoms with Crippen molar-refractivity contribution in [1.29, 1.82) is 5.26 Å². The molecule has 4 aromatic rings. The first-order valence-corrected chi connectivity index (χ1v) is 9.77. The summed E-state index contributed by atoms with van der Waals surface area (Å²) in [7, 11) is 0. The summed E-state index contributed by atoms with van der Waals surface area (Å²) in [4.78, 5) is 17.3. The van der Waals surface area contributed by atoms with E-state index in [-0.39, 0.29) is 11.5 Å². The molecule has 0 saturated carbocycles. The van der Waals surface area contributed by atoms with E-state index in [0.29, 0.717) is 24.8 Å². The molecule has 0 spiro atoms. The summed E-state index contributed by atoms with van der Waals surface area (Å²) in [6.45, 7) is 0.704. The molecule has 0 fully saturated rings. The summed E-state index contributed by atoms with van der Waals surface area (Å²) >= 11 is 0. The number of nitrogens with zero attached hydrogens (tertiary/aromatic N) is 3. The lowest BCUT2D eigenvalue weighted by molar-refractivity contribution is 0.602. The zero-order valence-corrected chi connectivity index (χ0v) is 15.9. The van der Waals surface area contributed by atoms with E-state index in [2.05, 4.69) is 39.9 Å². The molecule has 3 aromatic carbocycles. The molecule has 2 heterocycles. The first-order valence-electron chi connectivity index (χ1n) is 9.77. The van der Waals surface area contributed by atoms with Crippen LogP contribution in [0.4, 0.5) is 0 Å². The van der Waals surface area contributed by atoms with Crippen LogP contribution in [0.1, 0.15) is 34.0 Å². The van der Waals surface area contributed by atoms with Crippen molar-refractivity contribution in [3.05, 3.63) is 111 Å². The van der Waals surface area contributed by atoms with Crippen molar-refractivity contribution < 1.29 is 0 Å². The van der Waals surface area contributed by atoms with E-state index in [4.69, 9.17) is 0 Å². The Morgan fingerprint density at radius 3 is 2.55 bits per heavy atom. The summed E-state index contributed by atoms with van der Waals surface area (Å²) in [5.41, 5.74) is 5.37. The van der Waals surface area contributed by atoms with Gasteiger partial charge < -0.3 is 4.57 Å². The quantitative estimate of drug-likeness (QED) is 0.538. The SMILES string of the molecule is N#CCc1ccccc1C[C@@H]1c2ccccc2Cn2c1nc(=O)c1ccccc12. The van der Waals surface area contributed by atoms with Gasteiger partial charge in [0.15, 0.2) is 0 Å². The molecule has 5 rings (SSSR count). The van der Waals surface area contributed by atoms with Gasteiger partial charge in [-0.2, -0.15) is 10.2 Å². The fourth-order valence-electron chi connectivity index (χ4n) is 4.43. The van der Waals surface area contributed by atoms with Crippen LogP contribution < -0.4 is 5.56 Å². The third-order valence-corrected chi connectivity index (χ3v) is 5.80. The smallest absolute Gasteiger partial charge is 0.280 e. The molecule has 0 bridgehead atoms. The van der Waals surface area contributed by atoms with Crippen molar-refractivity contribution >= 4 is 10.9 Å². The van der Waals surface area contributed by atoms with E-state index in [0.717, 1.165) is 22.5 Å². The van der Waals surface area contributed by atoms with Crippen LogP contribution in [0.5, 0.6) is 0 Å². The maximum Gasteiger partial charge on any atom is 0.280 e. The van der Waals surface area contributed by atoms with E-state index < -0.39 is 0 Å². The molecule has 0 aliphatic carbocycles. The average molecular weight is 377 g/mol. The molecule has 0 unspecified atom stereocenters. The normalized spacial score (nSPS) is 14.8. The number of rotatable bonds is 3. The van der Waals surface area contributed by atoms with Crippen molar-refractivity contribution in [3.63, 3.8) is 0 Å². The molecule has 4 heteroatoms. The second kappa shape index (κ2) is 7.03. The predicted octanol–water partition coefficient (Wildman–Crippen LogP) is 4.20. The maximum absolute atomic E-state index is 12.8. The Hall–Kier alpha value is -3.71. The third-order valence-electron chi connectivity index (χ3n) is 5.80. The Morgan fingerprint density at radius 2 is 1.69 bits per heavy atom. The highest BCUT2D eigenvalue weighted by Crippen LogP contribution is 2.36. The zero-order chi connectivity index (χ0) is 19.8. The van der Waals surface area contributed by atoms with Crippen molar-refractivity contribution in [1.82, 2.24) is 9.55 Å². The minimum atomic E-state index is -0.179. The Bertz CT molecular complexity index is 1330. The second-order valence-electron chi connectivity index (χ2n) is 7.44. The van der Waals surface area contributed by atoms with Gasteiger partial charge in [-0.15, -0.1) is 0 Å². The van der Waals surface area contributed by atoms with Crippen LogP contribution in [0.15, 0.2) is 77.6 Å². The summed E-state index contributed by atoms with van der Waals surface area (Å²) in [5.74, 6) is 0.774. The van der Waals surface area contributed by atoms with Gasteiger partial charge in [-0.1, -0.05) is 60.7 Å². The molecular formula is C25H19N3O. The van der Waals surface area contributed by atoms with Gasteiger partial charge in [0, 0.05) is 12.5 Å². The Balaban J connectivity index is 1.73. The lowest BCUT2D eigenvalue weighted by Gasteiger charge is -2.30. The molecule has 0 amide bonds. The number of fused-ring (bicyclic) bond motifs is 4. The number of hydrogen-bond acceptors (Lipinski definition) is 3. The zero-order valence-electron chi connectivity index (χ0n) is 15.9. The lowest BCUT2D eigenvalue weighted by Crippen LogP contribution is -2.28. The molecule has 0 N–H and O–H groups in total. The van der Waals surface area contributed by atoms with Gasteiger partial charge in [-0.3, -0.25) is 4.79 Å². The van der Waals surface area contributed by atoms with Gasteiger partial charge in [0.1, 0.15) is 5.82 Å². The van der Waals surface area contributed by atoms with E-state index in [1.807, 2.05) is 48.5 Å². The van der Waals surface area contributed by atoms with Crippen LogP contribution in [0, 0.1) is 11.3 Å². The molecule has 1 aromatic heterocycles. The van der Waals surface area contributed by atoms with Crippen molar-refractivity contribution in [2.24, 2.45) is 0 Å². The van der Waals surface area contributed by atoms with Gasteiger partial charge in [0.2, 0.25) is 0 Å². The predicted molar refractivity (Wildman–Crippen MR) is 113 cm³/mol. The van der Waals surface area contributed by atoms with Crippen LogP contribution in [-0.2, 0) is 19.4 Å². The molecule has 4 nitrogen and oxygen atoms in total. The Kier molecular flexibility index (Phi) is 4.22. The minimum absolute atomic E-state index is 0.0305. The third kappa shape index (κ3) is 2.92. The summed E-state index contributed by atoms with van der Waals surface area (Å²) in [6.07, 6.45) is 1.09. The highest BCUT2D eigenvalue weighted by atomic mass is 16.1. The standard InChI is InChI=1S/C25H19N3O/c26-14-13-17-7-1-2-8-18(17)15-22-20-10-4-3-9-19(20)16-28-23-12-6-5-11-21(23)25(29)27-24(22)28/h1-12,22H,13,15-16H2/t22-/m1/s1. The van der Waals surface area contributed by atoms with Gasteiger partial charge >= 0.3 is 0 Å². The lowest BCUT2D eigenvalue weighted by atomic mass is 9.84. The summed E-state index contributed by atoms with van der Waals surface area (Å²) in [6, 6.07) is 26.4. The van der Waals surface area contributed by atoms with Gasteiger partial charge in [-0.05, 0) is 40.8 Å². The summed E-state index contributed by atoms with van der Waals surface area (Å²) in [5, 5.41) is 9.86. The molecule has 140 valence electrons. The van der Waals surface area contributed by atoms with E-state index in [1.165, 1.54) is 11.1 Å². The Labute approximate surface area is 168 Å². The molecule has 1 atom stereocenters. The number of hydrogen-bond donors (Lipinski definition) is 0. The second-order valence-corrected chi connectivity index (χ2v) is 7.44. The first-order chi connectivity index (χ1) is 14.3. The molecule has 0 saturated heterocycles. The van der Waals surface area contributed by atoms with Gasteiger partial charge in [-0.25, -0.2) is 0 Å². The molecule has 0 radical (unpaired) electrons. The van der Waals surface area contributed by atoms with E-state index >= 15 is 0 Å². The van der Waals surface area contributed by atoms with Crippen LogP contribution in [0.2, 0.25) is 0 Å². The van der Waals surface area contributed by atoms with E-state index in [9.17, 15) is 10.1 Å². The highest BCUT2D eigenvalue weighted by Gasteiger charge is 2.29. The fraction of sp³-hybridized carbons (Fsp3) is 0.160. The van der Waals surface area contributed by atoms with Crippen LogP contribution >= 0.6 is 0 Å². The summed E-state index contributed by atoms with van der Waals surface area (Å²) < 4.78 is 2.18. The van der Waals surface area contributed by atoms with Crippen LogP contribution in [0.3, 0.4) is 0 Å². The Morgan fingerprint density at radius 1 is 0.966 bits per heavy atom. The number of aromatic nitrogens is 2. The van der Waals surface area contributed by atoms with Crippen LogP contribution in [-0.4, -0.2) is 9.55 Å². The van der Waals surface area contributed by atoms with Gasteiger partial charge in [0.05, 0.1) is 23.4 Å². The van der Waals surface area contributed by atoms with Crippen molar-refractivity contribution in [2.75, 3.05) is 0 Å². The van der Waals surface area contributed by atoms with Crippen LogP contribution in [0.25, 0.3) is 10.9 Å². The number of nitriles is 1. The van der Waals surface area contributed by atoms with Gasteiger partial charge in [0.25, 0.3) is 5.56 Å². The number of para-hydroxylation sites is 1. The average Bonchev–Trinajstić information content (AvgIpc) is 2.76. The topological polar surface area (TPSA) is 58.7 Å². The monoisotopic (exact) mass is 377 g/mol. The largest absolute Gasteiger partial charge is 0.324 e. The molecular weight excluding hydrogens is 358 g/mol.